The van der Waals surface area contributed by atoms with Crippen LogP contribution in [0.5, 0.6) is 23.0 Å². The number of rotatable bonds is 8. The molecular formula is C34H30N2O5. The number of esters is 1. The molecule has 0 aliphatic carbocycles. The summed E-state index contributed by atoms with van der Waals surface area (Å²) in [6, 6.07) is 28.7. The van der Waals surface area contributed by atoms with Crippen LogP contribution in [-0.4, -0.2) is 12.6 Å². The molecule has 1 unspecified atom stereocenters. The first-order valence-electron chi connectivity index (χ1n) is 13.2. The number of carbonyl (C=O) groups excluding carboxylic acids is 1. The Morgan fingerprint density at radius 1 is 0.854 bits per heavy atom. The van der Waals surface area contributed by atoms with Crippen molar-refractivity contribution in [3.8, 4) is 29.1 Å². The van der Waals surface area contributed by atoms with E-state index in [0.717, 1.165) is 27.8 Å². The Labute approximate surface area is 239 Å². The minimum absolute atomic E-state index is 0.00222. The fourth-order valence-electron chi connectivity index (χ4n) is 4.80. The van der Waals surface area contributed by atoms with Gasteiger partial charge in [0.2, 0.25) is 5.88 Å². The molecule has 4 aromatic rings. The molecule has 0 aromatic heterocycles. The molecule has 7 nitrogen and oxygen atoms in total. The third-order valence-electron chi connectivity index (χ3n) is 6.69. The van der Waals surface area contributed by atoms with Gasteiger partial charge in [-0.15, -0.1) is 0 Å². The summed E-state index contributed by atoms with van der Waals surface area (Å²) in [6.45, 7) is 6.13. The number of carbonyl (C=O) groups is 1. The van der Waals surface area contributed by atoms with Crippen molar-refractivity contribution in [1.29, 1.82) is 5.26 Å². The quantitative estimate of drug-likeness (QED) is 0.202. The van der Waals surface area contributed by atoms with Crippen molar-refractivity contribution in [3.63, 3.8) is 0 Å². The lowest BCUT2D eigenvalue weighted by Crippen LogP contribution is -2.21. The lowest BCUT2D eigenvalue weighted by atomic mass is 9.83. The van der Waals surface area contributed by atoms with Gasteiger partial charge in [0.25, 0.3) is 0 Å². The molecular weight excluding hydrogens is 516 g/mol. The molecule has 0 bridgehead atoms. The number of aryl methyl sites for hydroxylation is 3. The molecule has 1 heterocycles. The van der Waals surface area contributed by atoms with Crippen LogP contribution < -0.4 is 24.7 Å². The molecule has 0 radical (unpaired) electrons. The van der Waals surface area contributed by atoms with E-state index < -0.39 is 11.9 Å². The van der Waals surface area contributed by atoms with Gasteiger partial charge in [-0.05, 0) is 73.4 Å². The maximum absolute atomic E-state index is 12.5. The van der Waals surface area contributed by atoms with E-state index >= 15 is 0 Å². The Morgan fingerprint density at radius 3 is 2.34 bits per heavy atom. The van der Waals surface area contributed by atoms with Crippen LogP contribution in [0.4, 0.5) is 0 Å². The van der Waals surface area contributed by atoms with E-state index in [1.165, 1.54) is 5.56 Å². The molecule has 1 aliphatic rings. The highest BCUT2D eigenvalue weighted by Crippen LogP contribution is 2.44. The molecule has 5 rings (SSSR count). The van der Waals surface area contributed by atoms with Crippen LogP contribution in [0.15, 0.2) is 96.4 Å². The zero-order valence-electron chi connectivity index (χ0n) is 23.1. The molecule has 0 amide bonds. The molecule has 206 valence electrons. The van der Waals surface area contributed by atoms with E-state index in [1.54, 1.807) is 18.2 Å². The van der Waals surface area contributed by atoms with E-state index in [-0.39, 0.29) is 18.2 Å². The minimum Gasteiger partial charge on any atom is -0.489 e. The Kier molecular flexibility index (Phi) is 7.93. The first-order chi connectivity index (χ1) is 19.8. The highest BCUT2D eigenvalue weighted by Gasteiger charge is 2.31. The molecule has 0 saturated heterocycles. The van der Waals surface area contributed by atoms with Crippen LogP contribution in [0.2, 0.25) is 0 Å². The number of allylic oxidation sites excluding steroid dienone is 1. The van der Waals surface area contributed by atoms with Gasteiger partial charge in [0.1, 0.15) is 41.2 Å². The van der Waals surface area contributed by atoms with E-state index in [0.29, 0.717) is 29.4 Å². The summed E-state index contributed by atoms with van der Waals surface area (Å²) in [5.41, 5.74) is 12.3. The van der Waals surface area contributed by atoms with Crippen molar-refractivity contribution in [2.45, 2.75) is 33.3 Å². The standard InChI is InChI=1S/C34H30N2O5/c1-21-7-9-24(10-8-21)19-38-26-6-4-5-25(16-26)33-29-12-11-27(17-31(29)41-34(36)30(33)18-35)40-32(37)20-39-28-14-22(2)13-23(3)15-28/h4-17,33H,19-20,36H2,1-3H3. The predicted molar refractivity (Wildman–Crippen MR) is 155 cm³/mol. The first kappa shape index (κ1) is 27.4. The van der Waals surface area contributed by atoms with Crippen LogP contribution in [0, 0.1) is 32.1 Å². The van der Waals surface area contributed by atoms with Crippen molar-refractivity contribution in [1.82, 2.24) is 0 Å². The molecule has 7 heteroatoms. The number of hydrogen-bond donors (Lipinski definition) is 1. The number of hydrogen-bond acceptors (Lipinski definition) is 7. The number of fused-ring (bicyclic) bond motifs is 1. The van der Waals surface area contributed by atoms with E-state index in [1.807, 2.05) is 87.5 Å². The average Bonchev–Trinajstić information content (AvgIpc) is 2.94. The highest BCUT2D eigenvalue weighted by molar-refractivity contribution is 5.74. The normalized spacial score (nSPS) is 14.0. The fourth-order valence-corrected chi connectivity index (χ4v) is 4.80. The van der Waals surface area contributed by atoms with Gasteiger partial charge in [-0.1, -0.05) is 54.1 Å². The largest absolute Gasteiger partial charge is 0.489 e. The van der Waals surface area contributed by atoms with Gasteiger partial charge >= 0.3 is 5.97 Å². The van der Waals surface area contributed by atoms with E-state index in [2.05, 4.69) is 6.07 Å². The Balaban J connectivity index is 1.33. The van der Waals surface area contributed by atoms with Crippen molar-refractivity contribution in [2.75, 3.05) is 6.61 Å². The number of nitrogens with zero attached hydrogens (tertiary/aromatic N) is 1. The minimum atomic E-state index is -0.559. The molecule has 1 atom stereocenters. The smallest absolute Gasteiger partial charge is 0.349 e. The van der Waals surface area contributed by atoms with Crippen LogP contribution in [0.1, 0.15) is 39.3 Å². The third-order valence-corrected chi connectivity index (χ3v) is 6.69. The maximum Gasteiger partial charge on any atom is 0.349 e. The molecule has 4 aromatic carbocycles. The molecule has 2 N–H and O–H groups in total. The molecule has 41 heavy (non-hydrogen) atoms. The summed E-state index contributed by atoms with van der Waals surface area (Å²) >= 11 is 0. The number of nitrogens with two attached hydrogens (primary N) is 1. The number of benzene rings is 4. The van der Waals surface area contributed by atoms with Gasteiger partial charge in [0.05, 0.1) is 5.92 Å². The predicted octanol–water partition coefficient (Wildman–Crippen LogP) is 6.39. The first-order valence-corrected chi connectivity index (χ1v) is 13.2. The molecule has 0 fully saturated rings. The lowest BCUT2D eigenvalue weighted by molar-refractivity contribution is -0.136. The van der Waals surface area contributed by atoms with E-state index in [4.69, 9.17) is 24.7 Å². The van der Waals surface area contributed by atoms with Crippen molar-refractivity contribution < 1.29 is 23.7 Å². The summed E-state index contributed by atoms with van der Waals surface area (Å²) in [5.74, 6) is 0.903. The monoisotopic (exact) mass is 546 g/mol. The van der Waals surface area contributed by atoms with E-state index in [9.17, 15) is 10.1 Å². The van der Waals surface area contributed by atoms with Gasteiger partial charge in [0, 0.05) is 11.6 Å². The zero-order chi connectivity index (χ0) is 28.9. The number of ether oxygens (including phenoxy) is 4. The topological polar surface area (TPSA) is 104 Å². The zero-order valence-corrected chi connectivity index (χ0v) is 23.1. The third kappa shape index (κ3) is 6.51. The summed E-state index contributed by atoms with van der Waals surface area (Å²) in [4.78, 5) is 12.5. The van der Waals surface area contributed by atoms with Gasteiger partial charge in [-0.25, -0.2) is 4.79 Å². The summed E-state index contributed by atoms with van der Waals surface area (Å²) in [5, 5.41) is 9.94. The second-order valence-electron chi connectivity index (χ2n) is 10.1. The fraction of sp³-hybridized carbons (Fsp3) is 0.176. The Morgan fingerprint density at radius 2 is 1.61 bits per heavy atom. The Hall–Kier alpha value is -5.22. The highest BCUT2D eigenvalue weighted by atomic mass is 16.6. The van der Waals surface area contributed by atoms with Gasteiger partial charge < -0.3 is 24.7 Å². The van der Waals surface area contributed by atoms with Crippen LogP contribution in [-0.2, 0) is 11.4 Å². The van der Waals surface area contributed by atoms with Crippen molar-refractivity contribution >= 4 is 5.97 Å². The van der Waals surface area contributed by atoms with Crippen LogP contribution in [0.3, 0.4) is 0 Å². The molecule has 0 spiro atoms. The number of nitriles is 1. The Bertz CT molecular complexity index is 1650. The summed E-state index contributed by atoms with van der Waals surface area (Å²) in [6.07, 6.45) is 0. The SMILES string of the molecule is Cc1ccc(COc2cccc(C3C(C#N)=C(N)Oc4cc(OC(=O)COc5cc(C)cc(C)c5)ccc43)c2)cc1. The molecule has 0 saturated carbocycles. The lowest BCUT2D eigenvalue weighted by Gasteiger charge is -2.27. The second-order valence-corrected chi connectivity index (χ2v) is 10.1. The molecule has 1 aliphatic heterocycles. The average molecular weight is 547 g/mol. The van der Waals surface area contributed by atoms with Gasteiger partial charge in [-0.2, -0.15) is 5.26 Å². The van der Waals surface area contributed by atoms with Crippen molar-refractivity contribution in [2.24, 2.45) is 5.73 Å². The van der Waals surface area contributed by atoms with Crippen LogP contribution in [0.25, 0.3) is 0 Å². The summed E-state index contributed by atoms with van der Waals surface area (Å²) < 4.78 is 23.0. The maximum atomic E-state index is 12.5. The van der Waals surface area contributed by atoms with Crippen molar-refractivity contribution in [3.05, 3.63) is 130 Å². The van der Waals surface area contributed by atoms with Gasteiger partial charge in [0.15, 0.2) is 6.61 Å². The summed E-state index contributed by atoms with van der Waals surface area (Å²) in [7, 11) is 0. The second kappa shape index (κ2) is 11.9. The van der Waals surface area contributed by atoms with Gasteiger partial charge in [-0.3, -0.25) is 0 Å². The van der Waals surface area contributed by atoms with Crippen LogP contribution >= 0.6 is 0 Å².